The first kappa shape index (κ1) is 80.4. The van der Waals surface area contributed by atoms with Gasteiger partial charge >= 0.3 is 23.9 Å². The Balaban J connectivity index is 0.0000192. The largest absolute Gasteiger partial charge is 0.494 e. The topological polar surface area (TPSA) is 547 Å². The zero-order valence-electron chi connectivity index (χ0n) is 52.0. The van der Waals surface area contributed by atoms with Gasteiger partial charge in [-0.3, -0.25) is 67.5 Å². The Morgan fingerprint density at radius 3 is 1.67 bits per heavy atom. The molecule has 3 atom stereocenters. The summed E-state index contributed by atoms with van der Waals surface area (Å²) < 4.78 is 96.4. The third-order valence-electron chi connectivity index (χ3n) is 14.2. The normalized spacial score (nSPS) is 15.5. The Morgan fingerprint density at radius 2 is 1.18 bits per heavy atom. The van der Waals surface area contributed by atoms with Crippen LogP contribution in [-0.2, 0) is 94.7 Å². The summed E-state index contributed by atoms with van der Waals surface area (Å²) in [4.78, 5) is 140. The zero-order valence-corrected chi connectivity index (χ0v) is 57.3. The number of carbonyl (C=O) groups excluding carboxylic acids is 5. The number of aromatic nitrogens is 3. The number of carboxylic acids is 4. The Labute approximate surface area is 572 Å². The molecule has 1 aliphatic rings. The molecule has 525 valence electrons. The number of benzene rings is 2. The van der Waals surface area contributed by atoms with Gasteiger partial charge in [0.05, 0.1) is 76.4 Å². The molecule has 1 aliphatic heterocycles. The van der Waals surface area contributed by atoms with Gasteiger partial charge in [0, 0.05) is 149 Å². The number of hydrogen-bond acceptors (Lipinski definition) is 25. The molecule has 41 heteroatoms. The Hall–Kier alpha value is -7.00. The number of nitrogens with one attached hydrogen (secondary N) is 8. The molecule has 1 fully saturated rings. The summed E-state index contributed by atoms with van der Waals surface area (Å²) in [5.74, 6) is -12.0. The van der Waals surface area contributed by atoms with Crippen LogP contribution >= 0.6 is 21.7 Å². The fourth-order valence-electron chi connectivity index (χ4n) is 9.82. The van der Waals surface area contributed by atoms with E-state index in [0.717, 1.165) is 5.56 Å². The molecule has 4 aromatic rings. The minimum absolute atomic E-state index is 0. The summed E-state index contributed by atoms with van der Waals surface area (Å²) in [7, 11) is -12.1. The van der Waals surface area contributed by atoms with Crippen molar-refractivity contribution in [2.24, 2.45) is 7.05 Å². The Kier molecular flexibility index (Phi) is 31.7. The van der Waals surface area contributed by atoms with Crippen LogP contribution in [-0.4, -0.2) is 278 Å². The molecule has 2 aromatic heterocycles. The van der Waals surface area contributed by atoms with Gasteiger partial charge in [-0.15, -0.1) is 0 Å². The van der Waals surface area contributed by atoms with Gasteiger partial charge in [-0.2, -0.15) is 4.72 Å². The smallest absolute Gasteiger partial charge is 0.323 e. The predicted octanol–water partition coefficient (Wildman–Crippen LogP) is -2.07. The van der Waals surface area contributed by atoms with Crippen molar-refractivity contribution in [1.82, 2.24) is 65.4 Å². The van der Waals surface area contributed by atoms with Crippen LogP contribution in [0.25, 0.3) is 10.9 Å². The van der Waals surface area contributed by atoms with Crippen LogP contribution < -0.4 is 46.8 Å². The SMILES string of the molecule is Cc1cc(OCCCC(=O)NCCNC(=O)[C@H](CS(O)(O)O)NC(=O)[C@H](CS(O)(O)O)NC(=O)CN2CCN(CC(=O)O)CCN(CC(=O)O)CCN(CC(=O)O)CC2)cc(C)c1S(=O)(=O)NC(CNC(=O)c1cn(C)c2cc(CNc3ncc[nH]3)ccc2c1=O)C(=O)O.[Y]. The van der Waals surface area contributed by atoms with E-state index in [2.05, 4.69) is 46.6 Å². The number of aromatic amines is 1. The van der Waals surface area contributed by atoms with Gasteiger partial charge in [0.25, 0.3) is 5.91 Å². The summed E-state index contributed by atoms with van der Waals surface area (Å²) in [6.07, 6.45) is 4.48. The Morgan fingerprint density at radius 1 is 0.663 bits per heavy atom. The van der Waals surface area contributed by atoms with Gasteiger partial charge in [-0.25, -0.2) is 13.4 Å². The van der Waals surface area contributed by atoms with Crippen LogP contribution in [0, 0.1) is 13.8 Å². The van der Waals surface area contributed by atoms with Gasteiger partial charge in [-0.05, 0) is 61.2 Å². The molecule has 1 unspecified atom stereocenters. The molecular formula is C54H80N14O23S3Y. The number of pyridine rings is 1. The van der Waals surface area contributed by atoms with E-state index in [-0.39, 0.29) is 150 Å². The van der Waals surface area contributed by atoms with Crippen LogP contribution in [0.3, 0.4) is 0 Å². The van der Waals surface area contributed by atoms with Gasteiger partial charge in [0.1, 0.15) is 29.4 Å². The minimum Gasteiger partial charge on any atom is -0.494 e. The number of nitrogens with zero attached hydrogens (tertiary/aromatic N) is 6. The maximum absolute atomic E-state index is 13.7. The van der Waals surface area contributed by atoms with Crippen molar-refractivity contribution in [3.63, 3.8) is 0 Å². The van der Waals surface area contributed by atoms with Crippen LogP contribution in [0.2, 0.25) is 0 Å². The predicted molar refractivity (Wildman–Crippen MR) is 339 cm³/mol. The molecule has 18 N–H and O–H groups in total. The third-order valence-corrected chi connectivity index (χ3v) is 17.6. The molecule has 2 aromatic carbocycles. The number of fused-ring (bicyclic) bond motifs is 1. The first-order valence-electron chi connectivity index (χ1n) is 28.8. The van der Waals surface area contributed by atoms with Crippen molar-refractivity contribution in [1.29, 1.82) is 0 Å². The second-order valence-corrected chi connectivity index (χ2v) is 26.7. The molecule has 0 aliphatic carbocycles. The number of anilines is 1. The van der Waals surface area contributed by atoms with Crippen molar-refractivity contribution in [2.75, 3.05) is 122 Å². The maximum Gasteiger partial charge on any atom is 0.323 e. The fourth-order valence-corrected chi connectivity index (χ4v) is 12.8. The number of carboxylic acid groups (broad SMARTS) is 4. The van der Waals surface area contributed by atoms with Crippen molar-refractivity contribution >= 4 is 102 Å². The third kappa shape index (κ3) is 27.9. The number of aliphatic carboxylic acids is 4. The first-order valence-corrected chi connectivity index (χ1v) is 33.7. The molecule has 5 rings (SSSR count). The monoisotopic (exact) mass is 1480 g/mol. The number of sulfonamides is 1. The number of ether oxygens (including phenoxy) is 1. The molecule has 0 bridgehead atoms. The quantitative estimate of drug-likeness (QED) is 0.0224. The van der Waals surface area contributed by atoms with Crippen LogP contribution in [0.4, 0.5) is 5.95 Å². The molecule has 95 heavy (non-hydrogen) atoms. The molecule has 1 radical (unpaired) electrons. The first-order chi connectivity index (χ1) is 44.1. The molecule has 0 saturated carbocycles. The Bertz CT molecular complexity index is 3470. The second-order valence-electron chi connectivity index (χ2n) is 21.9. The summed E-state index contributed by atoms with van der Waals surface area (Å²) >= 11 is 0. The van der Waals surface area contributed by atoms with E-state index in [0.29, 0.717) is 18.0 Å². The van der Waals surface area contributed by atoms with Crippen LogP contribution in [0.1, 0.15) is 39.9 Å². The number of aryl methyl sites for hydroxylation is 3. The number of rotatable bonds is 34. The summed E-state index contributed by atoms with van der Waals surface area (Å²) in [5, 5.41) is 53.3. The summed E-state index contributed by atoms with van der Waals surface area (Å²) in [5.41, 5.74) is 0.643. The average Bonchev–Trinajstić information content (AvgIpc) is 0.951. The standard InChI is InChI=1S/C54H80N14O23S3.Y/c1-33-21-36(22-34(2)49(33)94(89,90)63-39(53(81)82)25-59-50(78)38-26-64(3)42-23-35(6-7-37(42)48(38)77)24-60-54-57-10-11-58-54)91-20-4-5-43(69)55-8-9-56-51(79)40(31-92(83,84)85)62-52(80)41(32-93(86,87)88)61-44(70)27-65-12-14-66(28-45(71)72)16-18-68(30-47(75)76)19-17-67(15-13-65)29-46(73)74;/h6-7,10-11,21-23,26,39-41,63,83-88H,4-5,8-9,12-20,24-25,27-32H2,1-3H3,(H,55,69)(H,56,79)(H,59,78)(H,61,70)(H,62,80)(H,71,72)(H,73,74)(H,75,76)(H,81,82)(H2,57,58,60);/t39?,40-,41-;/m0./s1. The van der Waals surface area contributed by atoms with Crippen molar-refractivity contribution < 1.29 is 137 Å². The minimum atomic E-state index is -4.60. The molecule has 1 saturated heterocycles. The van der Waals surface area contributed by atoms with Crippen molar-refractivity contribution in [2.45, 2.75) is 56.3 Å². The number of carbonyl (C=O) groups is 9. The van der Waals surface area contributed by atoms with Gasteiger partial charge in [-0.1, -0.05) is 6.07 Å². The number of H-pyrrole nitrogens is 1. The number of amides is 5. The van der Waals surface area contributed by atoms with Gasteiger partial charge in [0.15, 0.2) is 5.95 Å². The van der Waals surface area contributed by atoms with E-state index in [1.54, 1.807) is 42.2 Å². The maximum atomic E-state index is 13.7. The van der Waals surface area contributed by atoms with E-state index in [4.69, 9.17) is 4.74 Å². The summed E-state index contributed by atoms with van der Waals surface area (Å²) in [6.45, 7) is 0.0441. The van der Waals surface area contributed by atoms with E-state index in [1.807, 2.05) is 0 Å². The van der Waals surface area contributed by atoms with Gasteiger partial charge < -0.3 is 93.9 Å². The zero-order chi connectivity index (χ0) is 69.7. The van der Waals surface area contributed by atoms with E-state index >= 15 is 0 Å². The molecule has 37 nitrogen and oxygen atoms in total. The van der Waals surface area contributed by atoms with Crippen molar-refractivity contribution in [3.05, 3.63) is 81.4 Å². The average molecular weight is 1480 g/mol. The van der Waals surface area contributed by atoms with Crippen molar-refractivity contribution in [3.8, 4) is 5.75 Å². The second kappa shape index (κ2) is 37.5. The molecule has 3 heterocycles. The molecular weight excluding hydrogens is 1400 g/mol. The fraction of sp³-hybridized carbons (Fsp3) is 0.500. The van der Waals surface area contributed by atoms with E-state index in [1.165, 1.54) is 51.8 Å². The van der Waals surface area contributed by atoms with Crippen LogP contribution in [0.5, 0.6) is 5.75 Å². The summed E-state index contributed by atoms with van der Waals surface area (Å²) in [6, 6.07) is 1.79. The van der Waals surface area contributed by atoms with Gasteiger partial charge in [0.2, 0.25) is 39.1 Å². The number of imidazole rings is 1. The van der Waals surface area contributed by atoms with E-state index in [9.17, 15) is 104 Å². The van der Waals surface area contributed by atoms with Crippen LogP contribution in [0.15, 0.2) is 58.6 Å². The number of hydrogen-bond donors (Lipinski definition) is 18. The molecule has 5 amide bonds. The van der Waals surface area contributed by atoms with E-state index < -0.39 is 153 Å². The molecule has 0 spiro atoms.